The summed E-state index contributed by atoms with van der Waals surface area (Å²) in [5.74, 6) is -0.777. The van der Waals surface area contributed by atoms with E-state index in [9.17, 15) is 14.0 Å². The second-order valence-electron chi connectivity index (χ2n) is 8.48. The van der Waals surface area contributed by atoms with Gasteiger partial charge in [0.15, 0.2) is 0 Å². The monoisotopic (exact) mass is 480 g/mol. The highest BCUT2D eigenvalue weighted by Gasteiger charge is 2.31. The molecule has 3 aromatic rings. The molecule has 0 aliphatic rings. The van der Waals surface area contributed by atoms with Crippen molar-refractivity contribution in [1.82, 2.24) is 10.2 Å². The van der Waals surface area contributed by atoms with E-state index in [1.54, 1.807) is 29.2 Å². The Morgan fingerprint density at radius 1 is 0.941 bits per heavy atom. The average molecular weight is 481 g/mol. The molecule has 0 heterocycles. The van der Waals surface area contributed by atoms with Crippen LogP contribution in [0.15, 0.2) is 78.9 Å². The van der Waals surface area contributed by atoms with Gasteiger partial charge in [0.1, 0.15) is 11.9 Å². The summed E-state index contributed by atoms with van der Waals surface area (Å²) in [5.41, 5.74) is 2.47. The van der Waals surface area contributed by atoms with Crippen LogP contribution < -0.4 is 5.32 Å². The van der Waals surface area contributed by atoms with Crippen molar-refractivity contribution in [2.75, 3.05) is 0 Å². The molecule has 3 rings (SSSR count). The van der Waals surface area contributed by atoms with Crippen molar-refractivity contribution in [2.45, 2.75) is 51.7 Å². The highest BCUT2D eigenvalue weighted by Crippen LogP contribution is 2.19. The number of nitrogens with one attached hydrogen (secondary N) is 1. The SMILES string of the molecule is CCC(C)NC(=O)C(Cc1ccccc1)N(Cc1cccc(Cl)c1)C(=O)Cc1ccc(F)cc1. The number of benzene rings is 3. The average Bonchev–Trinajstić information content (AvgIpc) is 2.83. The number of rotatable bonds is 10. The largest absolute Gasteiger partial charge is 0.352 e. The van der Waals surface area contributed by atoms with Crippen LogP contribution in [-0.2, 0) is 29.0 Å². The van der Waals surface area contributed by atoms with Crippen molar-refractivity contribution in [3.63, 3.8) is 0 Å². The Balaban J connectivity index is 1.96. The molecule has 6 heteroatoms. The maximum absolute atomic E-state index is 13.6. The van der Waals surface area contributed by atoms with Crippen LogP contribution in [0.3, 0.4) is 0 Å². The van der Waals surface area contributed by atoms with E-state index in [-0.39, 0.29) is 36.6 Å². The summed E-state index contributed by atoms with van der Waals surface area (Å²) in [6, 6.07) is 22.0. The maximum Gasteiger partial charge on any atom is 0.243 e. The third-order valence-corrected chi connectivity index (χ3v) is 6.02. The summed E-state index contributed by atoms with van der Waals surface area (Å²) in [6.07, 6.45) is 1.21. The topological polar surface area (TPSA) is 49.4 Å². The van der Waals surface area contributed by atoms with Crippen molar-refractivity contribution in [2.24, 2.45) is 0 Å². The van der Waals surface area contributed by atoms with E-state index in [2.05, 4.69) is 5.32 Å². The second kappa shape index (κ2) is 12.3. The molecule has 2 amide bonds. The number of carbonyl (C=O) groups excluding carboxylic acids is 2. The van der Waals surface area contributed by atoms with Crippen LogP contribution in [0.25, 0.3) is 0 Å². The third kappa shape index (κ3) is 7.42. The van der Waals surface area contributed by atoms with E-state index in [1.165, 1.54) is 12.1 Å². The molecule has 2 atom stereocenters. The Kier molecular flexibility index (Phi) is 9.23. The first kappa shape index (κ1) is 25.4. The van der Waals surface area contributed by atoms with Crippen molar-refractivity contribution >= 4 is 23.4 Å². The number of hydrogen-bond acceptors (Lipinski definition) is 2. The quantitative estimate of drug-likeness (QED) is 0.412. The van der Waals surface area contributed by atoms with Crippen molar-refractivity contribution in [3.05, 3.63) is 106 Å². The minimum Gasteiger partial charge on any atom is -0.352 e. The van der Waals surface area contributed by atoms with Gasteiger partial charge in [0.05, 0.1) is 6.42 Å². The van der Waals surface area contributed by atoms with E-state index in [0.29, 0.717) is 17.0 Å². The molecule has 4 nitrogen and oxygen atoms in total. The summed E-state index contributed by atoms with van der Waals surface area (Å²) >= 11 is 6.19. The van der Waals surface area contributed by atoms with Crippen LogP contribution in [0.2, 0.25) is 5.02 Å². The summed E-state index contributed by atoms with van der Waals surface area (Å²) in [5, 5.41) is 3.61. The molecule has 2 unspecified atom stereocenters. The number of amides is 2. The van der Waals surface area contributed by atoms with Crippen LogP contribution >= 0.6 is 11.6 Å². The lowest BCUT2D eigenvalue weighted by Crippen LogP contribution is -2.52. The van der Waals surface area contributed by atoms with Crippen molar-refractivity contribution in [1.29, 1.82) is 0 Å². The normalized spacial score (nSPS) is 12.6. The van der Waals surface area contributed by atoms with Gasteiger partial charge in [0.2, 0.25) is 11.8 Å². The lowest BCUT2D eigenvalue weighted by molar-refractivity contribution is -0.141. The standard InChI is InChI=1S/C28H30ClFN2O2/c1-3-20(2)31-28(34)26(17-21-8-5-4-6-9-21)32(19-23-10-7-11-24(29)16-23)27(33)18-22-12-14-25(30)15-13-22/h4-16,20,26H,3,17-19H2,1-2H3,(H,31,34). The number of nitrogens with zero attached hydrogens (tertiary/aromatic N) is 1. The fraction of sp³-hybridized carbons (Fsp3) is 0.286. The van der Waals surface area contributed by atoms with E-state index < -0.39 is 6.04 Å². The molecule has 3 aromatic carbocycles. The van der Waals surface area contributed by atoms with Gasteiger partial charge in [-0.1, -0.05) is 73.1 Å². The molecular weight excluding hydrogens is 451 g/mol. The van der Waals surface area contributed by atoms with E-state index >= 15 is 0 Å². The zero-order valence-electron chi connectivity index (χ0n) is 19.5. The molecule has 0 aromatic heterocycles. The van der Waals surface area contributed by atoms with E-state index in [0.717, 1.165) is 17.5 Å². The molecule has 0 saturated carbocycles. The fourth-order valence-electron chi connectivity index (χ4n) is 3.71. The van der Waals surface area contributed by atoms with Gasteiger partial charge in [-0.3, -0.25) is 9.59 Å². The van der Waals surface area contributed by atoms with Crippen LogP contribution in [-0.4, -0.2) is 28.8 Å². The Morgan fingerprint density at radius 3 is 2.26 bits per heavy atom. The summed E-state index contributed by atoms with van der Waals surface area (Å²) < 4.78 is 13.4. The Morgan fingerprint density at radius 2 is 1.62 bits per heavy atom. The predicted octanol–water partition coefficient (Wildman–Crippen LogP) is 5.58. The third-order valence-electron chi connectivity index (χ3n) is 5.78. The van der Waals surface area contributed by atoms with E-state index in [1.807, 2.05) is 56.3 Å². The van der Waals surface area contributed by atoms with Crippen LogP contribution in [0, 0.1) is 5.82 Å². The Hall–Kier alpha value is -3.18. The zero-order valence-corrected chi connectivity index (χ0v) is 20.3. The van der Waals surface area contributed by atoms with Crippen molar-refractivity contribution < 1.29 is 14.0 Å². The van der Waals surface area contributed by atoms with Crippen molar-refractivity contribution in [3.8, 4) is 0 Å². The molecule has 34 heavy (non-hydrogen) atoms. The number of hydrogen-bond donors (Lipinski definition) is 1. The predicted molar refractivity (Wildman–Crippen MR) is 134 cm³/mol. The van der Waals surface area contributed by atoms with Gasteiger partial charge in [0.25, 0.3) is 0 Å². The van der Waals surface area contributed by atoms with Gasteiger partial charge in [-0.2, -0.15) is 0 Å². The lowest BCUT2D eigenvalue weighted by atomic mass is 10.0. The van der Waals surface area contributed by atoms with E-state index in [4.69, 9.17) is 11.6 Å². The van der Waals surface area contributed by atoms with Crippen LogP contribution in [0.4, 0.5) is 4.39 Å². The number of halogens is 2. The van der Waals surface area contributed by atoms with Gasteiger partial charge in [0, 0.05) is 24.0 Å². The Labute approximate surface area is 205 Å². The van der Waals surface area contributed by atoms with Gasteiger partial charge < -0.3 is 10.2 Å². The Bertz CT molecular complexity index is 1090. The first-order chi connectivity index (χ1) is 16.4. The van der Waals surface area contributed by atoms with Gasteiger partial charge in [-0.05, 0) is 54.3 Å². The molecule has 0 aliphatic carbocycles. The molecule has 0 aliphatic heterocycles. The molecule has 0 radical (unpaired) electrons. The molecule has 0 fully saturated rings. The van der Waals surface area contributed by atoms with Crippen LogP contribution in [0.1, 0.15) is 37.0 Å². The lowest BCUT2D eigenvalue weighted by Gasteiger charge is -2.32. The fourth-order valence-corrected chi connectivity index (χ4v) is 3.92. The minimum atomic E-state index is -0.719. The minimum absolute atomic E-state index is 0.0222. The second-order valence-corrected chi connectivity index (χ2v) is 8.91. The highest BCUT2D eigenvalue weighted by molar-refractivity contribution is 6.30. The first-order valence-electron chi connectivity index (χ1n) is 11.5. The van der Waals surface area contributed by atoms with Gasteiger partial charge >= 0.3 is 0 Å². The molecule has 0 bridgehead atoms. The first-order valence-corrected chi connectivity index (χ1v) is 11.9. The molecular formula is C28H30ClFN2O2. The van der Waals surface area contributed by atoms with Gasteiger partial charge in [-0.25, -0.2) is 4.39 Å². The summed E-state index contributed by atoms with van der Waals surface area (Å²) in [7, 11) is 0. The molecule has 178 valence electrons. The van der Waals surface area contributed by atoms with Gasteiger partial charge in [-0.15, -0.1) is 0 Å². The molecule has 0 spiro atoms. The van der Waals surface area contributed by atoms with Crippen LogP contribution in [0.5, 0.6) is 0 Å². The highest BCUT2D eigenvalue weighted by atomic mass is 35.5. The maximum atomic E-state index is 13.6. The number of carbonyl (C=O) groups is 2. The smallest absolute Gasteiger partial charge is 0.243 e. The molecule has 1 N–H and O–H groups in total. The molecule has 0 saturated heterocycles. The summed E-state index contributed by atoms with van der Waals surface area (Å²) in [4.78, 5) is 28.6. The summed E-state index contributed by atoms with van der Waals surface area (Å²) in [6.45, 7) is 4.17. The zero-order chi connectivity index (χ0) is 24.5.